The smallest absolute Gasteiger partial charge is 0.305 e. The molecule has 5 nitrogen and oxygen atoms in total. The third kappa shape index (κ3) is 7.27. The second kappa shape index (κ2) is 7.36. The zero-order valence-corrected chi connectivity index (χ0v) is 11.9. The molecule has 0 aromatic carbocycles. The molecule has 0 aliphatic rings. The van der Waals surface area contributed by atoms with Crippen molar-refractivity contribution >= 4 is 11.9 Å². The molecule has 0 bridgehead atoms. The molecule has 1 amide bonds. The van der Waals surface area contributed by atoms with Crippen LogP contribution in [-0.4, -0.2) is 36.7 Å². The summed E-state index contributed by atoms with van der Waals surface area (Å²) < 4.78 is 4.97. The molecule has 0 aromatic rings. The normalized spacial score (nSPS) is 14.9. The lowest BCUT2D eigenvalue weighted by Gasteiger charge is -2.30. The number of ether oxygens (including phenoxy) is 1. The van der Waals surface area contributed by atoms with Gasteiger partial charge in [-0.1, -0.05) is 27.7 Å². The van der Waals surface area contributed by atoms with Gasteiger partial charge in [0.1, 0.15) is 0 Å². The van der Waals surface area contributed by atoms with Crippen molar-refractivity contribution in [3.05, 3.63) is 0 Å². The standard InChI is InChI=1S/C13H25NO4/c1-9(8-18-5)6-11(15)14-10(7-12(16)17)13(2,3)4/h9-10H,6-8H2,1-5H3,(H,14,15)(H,16,17). The van der Waals surface area contributed by atoms with Crippen LogP contribution in [0.2, 0.25) is 0 Å². The van der Waals surface area contributed by atoms with Crippen LogP contribution in [0.1, 0.15) is 40.5 Å². The average Bonchev–Trinajstić information content (AvgIpc) is 2.14. The Morgan fingerprint density at radius 2 is 1.83 bits per heavy atom. The molecule has 0 rings (SSSR count). The Labute approximate surface area is 109 Å². The average molecular weight is 259 g/mol. The van der Waals surface area contributed by atoms with Gasteiger partial charge in [-0.25, -0.2) is 0 Å². The molecule has 0 radical (unpaired) electrons. The summed E-state index contributed by atoms with van der Waals surface area (Å²) in [6.07, 6.45) is 0.286. The van der Waals surface area contributed by atoms with Crippen LogP contribution >= 0.6 is 0 Å². The maximum Gasteiger partial charge on any atom is 0.305 e. The van der Waals surface area contributed by atoms with Crippen LogP contribution in [0, 0.1) is 11.3 Å². The third-order valence-corrected chi connectivity index (χ3v) is 2.74. The number of hydrogen-bond donors (Lipinski definition) is 2. The van der Waals surface area contributed by atoms with Gasteiger partial charge in [0.15, 0.2) is 0 Å². The summed E-state index contributed by atoms with van der Waals surface area (Å²) in [7, 11) is 1.59. The van der Waals surface area contributed by atoms with E-state index < -0.39 is 5.97 Å². The molecule has 106 valence electrons. The highest BCUT2D eigenvalue weighted by Crippen LogP contribution is 2.22. The summed E-state index contributed by atoms with van der Waals surface area (Å²) in [4.78, 5) is 22.6. The van der Waals surface area contributed by atoms with Gasteiger partial charge in [0.05, 0.1) is 6.42 Å². The molecule has 0 saturated carbocycles. The Morgan fingerprint density at radius 1 is 1.28 bits per heavy atom. The summed E-state index contributed by atoms with van der Waals surface area (Å²) in [5, 5.41) is 11.7. The number of carbonyl (C=O) groups is 2. The van der Waals surface area contributed by atoms with Crippen molar-refractivity contribution in [3.8, 4) is 0 Å². The lowest BCUT2D eigenvalue weighted by atomic mass is 9.84. The summed E-state index contributed by atoms with van der Waals surface area (Å²) in [5.41, 5.74) is -0.279. The van der Waals surface area contributed by atoms with Gasteiger partial charge in [-0.15, -0.1) is 0 Å². The zero-order valence-electron chi connectivity index (χ0n) is 11.9. The number of carbonyl (C=O) groups excluding carboxylic acids is 1. The molecular formula is C13H25NO4. The van der Waals surface area contributed by atoms with Crippen LogP contribution in [0.3, 0.4) is 0 Å². The number of hydrogen-bond acceptors (Lipinski definition) is 3. The molecule has 0 aliphatic heterocycles. The van der Waals surface area contributed by atoms with E-state index in [1.165, 1.54) is 0 Å². The number of methoxy groups -OCH3 is 1. The lowest BCUT2D eigenvalue weighted by Crippen LogP contribution is -2.45. The largest absolute Gasteiger partial charge is 0.481 e. The van der Waals surface area contributed by atoms with Gasteiger partial charge in [0.25, 0.3) is 0 Å². The van der Waals surface area contributed by atoms with E-state index in [-0.39, 0.29) is 29.7 Å². The van der Waals surface area contributed by atoms with E-state index in [2.05, 4.69) is 5.32 Å². The first-order valence-electron chi connectivity index (χ1n) is 6.17. The molecule has 2 N–H and O–H groups in total. The van der Waals surface area contributed by atoms with Gasteiger partial charge < -0.3 is 15.2 Å². The van der Waals surface area contributed by atoms with Crippen LogP contribution in [0.4, 0.5) is 0 Å². The quantitative estimate of drug-likeness (QED) is 0.729. The molecule has 5 heteroatoms. The van der Waals surface area contributed by atoms with Crippen molar-refractivity contribution < 1.29 is 19.4 Å². The monoisotopic (exact) mass is 259 g/mol. The number of aliphatic carboxylic acids is 1. The Balaban J connectivity index is 4.40. The van der Waals surface area contributed by atoms with E-state index >= 15 is 0 Å². The summed E-state index contributed by atoms with van der Waals surface area (Å²) >= 11 is 0. The summed E-state index contributed by atoms with van der Waals surface area (Å²) in [6, 6.07) is -0.364. The van der Waals surface area contributed by atoms with Crippen molar-refractivity contribution in [1.29, 1.82) is 0 Å². The first-order valence-corrected chi connectivity index (χ1v) is 6.17. The molecule has 2 unspecified atom stereocenters. The van der Waals surface area contributed by atoms with Crippen molar-refractivity contribution in [2.24, 2.45) is 11.3 Å². The van der Waals surface area contributed by atoms with Crippen LogP contribution in [0.25, 0.3) is 0 Å². The number of amides is 1. The number of nitrogens with one attached hydrogen (secondary N) is 1. The van der Waals surface area contributed by atoms with Gasteiger partial charge in [0, 0.05) is 26.2 Å². The second-order valence-electron chi connectivity index (χ2n) is 5.85. The van der Waals surface area contributed by atoms with Crippen LogP contribution in [-0.2, 0) is 14.3 Å². The molecule has 0 spiro atoms. The predicted molar refractivity (Wildman–Crippen MR) is 69.3 cm³/mol. The molecule has 18 heavy (non-hydrogen) atoms. The minimum atomic E-state index is -0.903. The number of carboxylic acid groups (broad SMARTS) is 1. The van der Waals surface area contributed by atoms with Gasteiger partial charge in [0.2, 0.25) is 5.91 Å². The maximum absolute atomic E-state index is 11.8. The maximum atomic E-state index is 11.8. The van der Waals surface area contributed by atoms with E-state index in [0.29, 0.717) is 13.0 Å². The Hall–Kier alpha value is -1.10. The van der Waals surface area contributed by atoms with E-state index in [1.54, 1.807) is 7.11 Å². The van der Waals surface area contributed by atoms with Crippen molar-refractivity contribution in [2.75, 3.05) is 13.7 Å². The highest BCUT2D eigenvalue weighted by molar-refractivity contribution is 5.77. The summed E-state index contributed by atoms with van der Waals surface area (Å²) in [6.45, 7) is 8.19. The van der Waals surface area contributed by atoms with Crippen molar-refractivity contribution in [3.63, 3.8) is 0 Å². The minimum Gasteiger partial charge on any atom is -0.481 e. The predicted octanol–water partition coefficient (Wildman–Crippen LogP) is 1.66. The fraction of sp³-hybridized carbons (Fsp3) is 0.846. The van der Waals surface area contributed by atoms with Crippen LogP contribution < -0.4 is 5.32 Å². The van der Waals surface area contributed by atoms with E-state index in [4.69, 9.17) is 9.84 Å². The Bertz CT molecular complexity index is 283. The molecule has 0 aromatic heterocycles. The topological polar surface area (TPSA) is 75.6 Å². The van der Waals surface area contributed by atoms with Crippen molar-refractivity contribution in [2.45, 2.75) is 46.6 Å². The van der Waals surface area contributed by atoms with E-state index in [1.807, 2.05) is 27.7 Å². The SMILES string of the molecule is COCC(C)CC(=O)NC(CC(=O)O)C(C)(C)C. The zero-order chi connectivity index (χ0) is 14.3. The highest BCUT2D eigenvalue weighted by Gasteiger charge is 2.28. The molecule has 0 aliphatic carbocycles. The van der Waals surface area contributed by atoms with Crippen LogP contribution in [0.15, 0.2) is 0 Å². The third-order valence-electron chi connectivity index (χ3n) is 2.74. The Morgan fingerprint density at radius 3 is 2.22 bits per heavy atom. The molecule has 2 atom stereocenters. The highest BCUT2D eigenvalue weighted by atomic mass is 16.5. The van der Waals surface area contributed by atoms with Gasteiger partial charge in [-0.05, 0) is 11.3 Å². The van der Waals surface area contributed by atoms with E-state index in [9.17, 15) is 9.59 Å². The molecular weight excluding hydrogens is 234 g/mol. The van der Waals surface area contributed by atoms with Gasteiger partial charge in [-0.3, -0.25) is 9.59 Å². The second-order valence-corrected chi connectivity index (χ2v) is 5.85. The van der Waals surface area contributed by atoms with Gasteiger partial charge in [-0.2, -0.15) is 0 Å². The molecule has 0 saturated heterocycles. The molecule has 0 fully saturated rings. The van der Waals surface area contributed by atoms with Crippen molar-refractivity contribution in [1.82, 2.24) is 5.32 Å². The first kappa shape index (κ1) is 16.9. The molecule has 0 heterocycles. The van der Waals surface area contributed by atoms with E-state index in [0.717, 1.165) is 0 Å². The fourth-order valence-electron chi connectivity index (χ4n) is 1.66. The Kier molecular flexibility index (Phi) is 6.91. The summed E-state index contributed by atoms with van der Waals surface area (Å²) in [5.74, 6) is -0.902. The fourth-order valence-corrected chi connectivity index (χ4v) is 1.66. The minimum absolute atomic E-state index is 0.0616. The lowest BCUT2D eigenvalue weighted by molar-refractivity contribution is -0.138. The first-order chi connectivity index (χ1) is 8.16. The van der Waals surface area contributed by atoms with Crippen LogP contribution in [0.5, 0.6) is 0 Å². The van der Waals surface area contributed by atoms with Gasteiger partial charge >= 0.3 is 5.97 Å². The number of rotatable bonds is 7. The number of carboxylic acids is 1.